The summed E-state index contributed by atoms with van der Waals surface area (Å²) in [7, 11) is 1.62. The zero-order valence-corrected chi connectivity index (χ0v) is 16.0. The molecule has 4 rings (SSSR count). The zero-order chi connectivity index (χ0) is 20.2. The number of nitriles is 1. The first-order valence-electron chi connectivity index (χ1n) is 9.31. The van der Waals surface area contributed by atoms with Gasteiger partial charge in [0.2, 0.25) is 11.7 Å². The molecule has 3 aromatic rings. The maximum Gasteiger partial charge on any atom is 0.241 e. The van der Waals surface area contributed by atoms with E-state index in [0.29, 0.717) is 37.0 Å². The first-order valence-corrected chi connectivity index (χ1v) is 9.31. The molecule has 0 unspecified atom stereocenters. The van der Waals surface area contributed by atoms with Crippen molar-refractivity contribution in [3.63, 3.8) is 0 Å². The van der Waals surface area contributed by atoms with Crippen LogP contribution < -0.4 is 9.64 Å². The van der Waals surface area contributed by atoms with Crippen molar-refractivity contribution in [1.82, 2.24) is 15.0 Å². The fourth-order valence-electron chi connectivity index (χ4n) is 3.40. The number of ether oxygens (including phenoxy) is 1. The van der Waals surface area contributed by atoms with E-state index < -0.39 is 5.82 Å². The van der Waals surface area contributed by atoms with Gasteiger partial charge in [0, 0.05) is 31.7 Å². The Morgan fingerprint density at radius 1 is 1.14 bits per heavy atom. The minimum Gasteiger partial charge on any atom is -0.497 e. The van der Waals surface area contributed by atoms with Crippen molar-refractivity contribution in [1.29, 1.82) is 5.26 Å². The molecule has 7 nitrogen and oxygen atoms in total. The summed E-state index contributed by atoms with van der Waals surface area (Å²) >= 11 is 0. The third-order valence-electron chi connectivity index (χ3n) is 4.99. The average molecular weight is 393 g/mol. The molecule has 0 spiro atoms. The molecule has 2 heterocycles. The zero-order valence-electron chi connectivity index (χ0n) is 16.0. The van der Waals surface area contributed by atoms with Gasteiger partial charge in [-0.05, 0) is 36.4 Å². The highest BCUT2D eigenvalue weighted by Crippen LogP contribution is 2.24. The van der Waals surface area contributed by atoms with Crippen LogP contribution in [0.5, 0.6) is 5.75 Å². The number of halogens is 1. The van der Waals surface area contributed by atoms with Crippen LogP contribution in [0.2, 0.25) is 0 Å². The van der Waals surface area contributed by atoms with Crippen LogP contribution in [0, 0.1) is 17.1 Å². The second-order valence-electron chi connectivity index (χ2n) is 6.75. The van der Waals surface area contributed by atoms with E-state index in [1.165, 1.54) is 6.07 Å². The van der Waals surface area contributed by atoms with Crippen LogP contribution in [0.25, 0.3) is 11.4 Å². The number of hydrogen-bond acceptors (Lipinski definition) is 7. The molecule has 0 radical (unpaired) electrons. The quantitative estimate of drug-likeness (QED) is 0.659. The van der Waals surface area contributed by atoms with E-state index in [-0.39, 0.29) is 5.56 Å². The van der Waals surface area contributed by atoms with Crippen LogP contribution in [0.3, 0.4) is 0 Å². The van der Waals surface area contributed by atoms with Crippen LogP contribution in [-0.4, -0.2) is 48.3 Å². The number of nitrogens with zero attached hydrogens (tertiary/aromatic N) is 5. The SMILES string of the molecule is COc1ccc(-c2noc(CN3CCN(c4cccc(F)c4C#N)CC3)n2)cc1. The molecule has 0 saturated carbocycles. The van der Waals surface area contributed by atoms with Gasteiger partial charge in [-0.2, -0.15) is 10.2 Å². The number of rotatable bonds is 5. The smallest absolute Gasteiger partial charge is 0.241 e. The third-order valence-corrected chi connectivity index (χ3v) is 4.99. The summed E-state index contributed by atoms with van der Waals surface area (Å²) in [5, 5.41) is 13.3. The first-order chi connectivity index (χ1) is 14.2. The van der Waals surface area contributed by atoms with Crippen LogP contribution in [0.1, 0.15) is 11.5 Å². The fourth-order valence-corrected chi connectivity index (χ4v) is 3.40. The predicted molar refractivity (Wildman–Crippen MR) is 105 cm³/mol. The van der Waals surface area contributed by atoms with Crippen LogP contribution in [-0.2, 0) is 6.54 Å². The van der Waals surface area contributed by atoms with Crippen molar-refractivity contribution < 1.29 is 13.7 Å². The lowest BCUT2D eigenvalue weighted by Gasteiger charge is -2.35. The molecule has 1 saturated heterocycles. The summed E-state index contributed by atoms with van der Waals surface area (Å²) in [4.78, 5) is 8.72. The molecule has 0 N–H and O–H groups in total. The molecule has 0 amide bonds. The lowest BCUT2D eigenvalue weighted by atomic mass is 10.1. The Balaban J connectivity index is 1.37. The molecule has 2 aromatic carbocycles. The van der Waals surface area contributed by atoms with E-state index in [1.807, 2.05) is 35.2 Å². The van der Waals surface area contributed by atoms with Gasteiger partial charge in [0.05, 0.1) is 19.3 Å². The Morgan fingerprint density at radius 2 is 1.90 bits per heavy atom. The molecule has 0 bridgehead atoms. The highest BCUT2D eigenvalue weighted by molar-refractivity contribution is 5.60. The van der Waals surface area contributed by atoms with Crippen molar-refractivity contribution in [3.8, 4) is 23.2 Å². The molecular formula is C21H20FN5O2. The van der Waals surface area contributed by atoms with E-state index in [4.69, 9.17) is 9.26 Å². The Bertz CT molecular complexity index is 1020. The number of aromatic nitrogens is 2. The summed E-state index contributed by atoms with van der Waals surface area (Å²) in [6.45, 7) is 3.43. The number of anilines is 1. The molecule has 8 heteroatoms. The Hall–Kier alpha value is -3.44. The number of methoxy groups -OCH3 is 1. The van der Waals surface area contributed by atoms with Crippen molar-refractivity contribution in [2.24, 2.45) is 0 Å². The van der Waals surface area contributed by atoms with Crippen molar-refractivity contribution in [3.05, 3.63) is 59.7 Å². The molecule has 1 aliphatic rings. The predicted octanol–water partition coefficient (Wildman–Crippen LogP) is 3.08. The highest BCUT2D eigenvalue weighted by atomic mass is 19.1. The molecule has 1 fully saturated rings. The van der Waals surface area contributed by atoms with Gasteiger partial charge in [0.25, 0.3) is 0 Å². The normalized spacial score (nSPS) is 14.6. The van der Waals surface area contributed by atoms with Gasteiger partial charge < -0.3 is 14.2 Å². The van der Waals surface area contributed by atoms with Crippen LogP contribution in [0.15, 0.2) is 47.0 Å². The van der Waals surface area contributed by atoms with Crippen molar-refractivity contribution in [2.45, 2.75) is 6.54 Å². The van der Waals surface area contributed by atoms with Gasteiger partial charge in [-0.1, -0.05) is 11.2 Å². The maximum atomic E-state index is 13.9. The molecule has 29 heavy (non-hydrogen) atoms. The highest BCUT2D eigenvalue weighted by Gasteiger charge is 2.22. The molecule has 1 aromatic heterocycles. The molecule has 148 valence electrons. The molecule has 1 aliphatic heterocycles. The van der Waals surface area contributed by atoms with Gasteiger partial charge in [-0.25, -0.2) is 4.39 Å². The molecular weight excluding hydrogens is 373 g/mol. The Labute approximate surface area is 167 Å². The van der Waals surface area contributed by atoms with Crippen molar-refractivity contribution in [2.75, 3.05) is 38.2 Å². The topological polar surface area (TPSA) is 78.4 Å². The second-order valence-corrected chi connectivity index (χ2v) is 6.75. The summed E-state index contributed by atoms with van der Waals surface area (Å²) in [6.07, 6.45) is 0. The van der Waals surface area contributed by atoms with E-state index in [9.17, 15) is 9.65 Å². The number of hydrogen-bond donors (Lipinski definition) is 0. The van der Waals surface area contributed by atoms with Crippen LogP contribution >= 0.6 is 0 Å². The minimum atomic E-state index is -0.482. The number of benzene rings is 2. The van der Waals surface area contributed by atoms with Crippen LogP contribution in [0.4, 0.5) is 10.1 Å². The van der Waals surface area contributed by atoms with Gasteiger partial charge >= 0.3 is 0 Å². The maximum absolute atomic E-state index is 13.9. The molecule has 0 atom stereocenters. The van der Waals surface area contributed by atoms with E-state index >= 15 is 0 Å². The van der Waals surface area contributed by atoms with E-state index in [0.717, 1.165) is 24.4 Å². The van der Waals surface area contributed by atoms with Gasteiger partial charge in [0.1, 0.15) is 23.2 Å². The standard InChI is InChI=1S/C21H20FN5O2/c1-28-16-7-5-15(6-8-16)21-24-20(29-25-21)14-26-9-11-27(12-10-26)19-4-2-3-18(22)17(19)13-23/h2-8H,9-12,14H2,1H3. The lowest BCUT2D eigenvalue weighted by molar-refractivity contribution is 0.215. The van der Waals surface area contributed by atoms with E-state index in [1.54, 1.807) is 19.2 Å². The van der Waals surface area contributed by atoms with Crippen molar-refractivity contribution >= 4 is 5.69 Å². The Morgan fingerprint density at radius 3 is 2.59 bits per heavy atom. The second kappa shape index (κ2) is 8.29. The summed E-state index contributed by atoms with van der Waals surface area (Å²) in [6, 6.07) is 14.2. The summed E-state index contributed by atoms with van der Waals surface area (Å²) in [5.41, 5.74) is 1.61. The van der Waals surface area contributed by atoms with Gasteiger partial charge in [-0.15, -0.1) is 0 Å². The monoisotopic (exact) mass is 393 g/mol. The lowest BCUT2D eigenvalue weighted by Crippen LogP contribution is -2.46. The van der Waals surface area contributed by atoms with Gasteiger partial charge in [-0.3, -0.25) is 4.90 Å². The largest absolute Gasteiger partial charge is 0.497 e. The molecule has 0 aliphatic carbocycles. The summed E-state index contributed by atoms with van der Waals surface area (Å²) in [5.74, 6) is 1.38. The van der Waals surface area contributed by atoms with E-state index in [2.05, 4.69) is 15.0 Å². The summed E-state index contributed by atoms with van der Waals surface area (Å²) < 4.78 is 24.4. The fraction of sp³-hybridized carbons (Fsp3) is 0.286. The first kappa shape index (κ1) is 18.9. The van der Waals surface area contributed by atoms with Gasteiger partial charge in [0.15, 0.2) is 0 Å². The minimum absolute atomic E-state index is 0.0991. The number of piperazine rings is 1. The average Bonchev–Trinajstić information content (AvgIpc) is 3.22. The third kappa shape index (κ3) is 4.05. The Kier molecular flexibility index (Phi) is 5.40.